The van der Waals surface area contributed by atoms with Crippen molar-refractivity contribution in [3.8, 4) is 5.75 Å². The normalized spacial score (nSPS) is 15.5. The molecule has 1 atom stereocenters. The molecule has 0 saturated carbocycles. The minimum Gasteiger partial charge on any atom is -0.495 e. The Hall–Kier alpha value is -2.49. The number of carbonyl (C=O) groups excluding carboxylic acids is 1. The summed E-state index contributed by atoms with van der Waals surface area (Å²) in [6.07, 6.45) is 0.992. The second kappa shape index (κ2) is 13.9. The van der Waals surface area contributed by atoms with Gasteiger partial charge in [0.25, 0.3) is 0 Å². The first-order valence-corrected chi connectivity index (χ1v) is 11.4. The summed E-state index contributed by atoms with van der Waals surface area (Å²) in [5, 5.41) is 6.78. The molecule has 1 heterocycles. The number of halogens is 1. The number of hydrogen-bond acceptors (Lipinski definition) is 4. The number of ether oxygens (including phenoxy) is 1. The van der Waals surface area contributed by atoms with Crippen LogP contribution in [0.5, 0.6) is 5.75 Å². The third kappa shape index (κ3) is 7.80. The molecule has 1 aliphatic rings. The number of likely N-dealkylation sites (N-methyl/N-ethyl adjacent to an activating group) is 1. The lowest BCUT2D eigenvalue weighted by molar-refractivity contribution is -0.130. The number of aliphatic imine (C=N–C) groups is 1. The summed E-state index contributed by atoms with van der Waals surface area (Å²) in [7, 11) is 1.70. The highest BCUT2D eigenvalue weighted by atomic mass is 127. The van der Waals surface area contributed by atoms with Gasteiger partial charge in [-0.2, -0.15) is 0 Å². The van der Waals surface area contributed by atoms with E-state index in [-0.39, 0.29) is 42.5 Å². The molecule has 0 bridgehead atoms. The van der Waals surface area contributed by atoms with Crippen molar-refractivity contribution in [3.05, 3.63) is 60.2 Å². The number of benzene rings is 2. The molecule has 1 saturated heterocycles. The number of anilines is 1. The molecule has 0 radical (unpaired) electrons. The molecule has 0 aliphatic carbocycles. The van der Waals surface area contributed by atoms with Gasteiger partial charge in [0.1, 0.15) is 12.3 Å². The first kappa shape index (κ1) is 26.8. The van der Waals surface area contributed by atoms with Crippen molar-refractivity contribution >= 4 is 41.5 Å². The minimum absolute atomic E-state index is 0. The van der Waals surface area contributed by atoms with Crippen molar-refractivity contribution in [1.82, 2.24) is 15.5 Å². The van der Waals surface area contributed by atoms with Gasteiger partial charge in [0.15, 0.2) is 5.96 Å². The van der Waals surface area contributed by atoms with Crippen molar-refractivity contribution in [1.29, 1.82) is 0 Å². The average molecular weight is 566 g/mol. The molecule has 2 aromatic carbocycles. The van der Waals surface area contributed by atoms with E-state index in [1.807, 2.05) is 67.3 Å². The number of para-hydroxylation sites is 2. The van der Waals surface area contributed by atoms with Crippen LogP contribution < -0.4 is 20.3 Å². The predicted molar refractivity (Wildman–Crippen MR) is 146 cm³/mol. The third-order valence-corrected chi connectivity index (χ3v) is 5.62. The van der Waals surface area contributed by atoms with E-state index in [9.17, 15) is 4.79 Å². The number of nitrogens with zero attached hydrogens (tertiary/aromatic N) is 3. The van der Waals surface area contributed by atoms with Gasteiger partial charge in [-0.1, -0.05) is 42.5 Å². The highest BCUT2D eigenvalue weighted by Gasteiger charge is 2.25. The van der Waals surface area contributed by atoms with Gasteiger partial charge >= 0.3 is 0 Å². The van der Waals surface area contributed by atoms with Gasteiger partial charge in [0.05, 0.1) is 12.8 Å². The Morgan fingerprint density at radius 2 is 1.88 bits per heavy atom. The number of carbonyl (C=O) groups is 1. The maximum absolute atomic E-state index is 12.8. The Balaban J connectivity index is 0.00000385. The summed E-state index contributed by atoms with van der Waals surface area (Å²) < 4.78 is 5.51. The first-order valence-electron chi connectivity index (χ1n) is 11.4. The van der Waals surface area contributed by atoms with Crippen molar-refractivity contribution < 1.29 is 9.53 Å². The van der Waals surface area contributed by atoms with E-state index < -0.39 is 0 Å². The van der Waals surface area contributed by atoms with Gasteiger partial charge in [-0.15, -0.1) is 24.0 Å². The number of amides is 1. The molecule has 33 heavy (non-hydrogen) atoms. The Morgan fingerprint density at radius 3 is 2.58 bits per heavy atom. The molecule has 1 unspecified atom stereocenters. The van der Waals surface area contributed by atoms with Gasteiger partial charge < -0.3 is 25.2 Å². The zero-order valence-corrected chi connectivity index (χ0v) is 22.1. The summed E-state index contributed by atoms with van der Waals surface area (Å²) >= 11 is 0. The smallest absolute Gasteiger partial charge is 0.244 e. The van der Waals surface area contributed by atoms with Crippen molar-refractivity contribution in [2.24, 2.45) is 4.99 Å². The van der Waals surface area contributed by atoms with Crippen LogP contribution in [0.3, 0.4) is 0 Å². The van der Waals surface area contributed by atoms with E-state index in [2.05, 4.69) is 26.6 Å². The first-order chi connectivity index (χ1) is 15.6. The second-order valence-corrected chi connectivity index (χ2v) is 7.84. The van der Waals surface area contributed by atoms with E-state index in [1.165, 1.54) is 0 Å². The van der Waals surface area contributed by atoms with Crippen LogP contribution in [0.15, 0.2) is 59.6 Å². The standard InChI is InChI=1S/C25H35N5O2.HI/c1-4-26-25(27-17-24(31)29(5-2)18-20-11-7-6-8-12-20)28-21-15-16-30(19-21)22-13-9-10-14-23(22)32-3;/h6-14,21H,4-5,15-19H2,1-3H3,(H2,26,27,28);1H. The van der Waals surface area contributed by atoms with E-state index >= 15 is 0 Å². The van der Waals surface area contributed by atoms with Crippen LogP contribution in [0.2, 0.25) is 0 Å². The highest BCUT2D eigenvalue weighted by molar-refractivity contribution is 14.0. The lowest BCUT2D eigenvalue weighted by atomic mass is 10.2. The molecule has 7 nitrogen and oxygen atoms in total. The zero-order valence-electron chi connectivity index (χ0n) is 19.8. The molecule has 1 amide bonds. The highest BCUT2D eigenvalue weighted by Crippen LogP contribution is 2.30. The van der Waals surface area contributed by atoms with E-state index in [0.717, 1.165) is 43.1 Å². The van der Waals surface area contributed by atoms with Crippen LogP contribution in [-0.4, -0.2) is 62.6 Å². The number of hydrogen-bond donors (Lipinski definition) is 2. The minimum atomic E-state index is 0. The van der Waals surface area contributed by atoms with E-state index in [1.54, 1.807) is 7.11 Å². The Morgan fingerprint density at radius 1 is 1.15 bits per heavy atom. The van der Waals surface area contributed by atoms with Crippen molar-refractivity contribution in [3.63, 3.8) is 0 Å². The Kier molecular flexibility index (Phi) is 11.3. The molecule has 0 aromatic heterocycles. The summed E-state index contributed by atoms with van der Waals surface area (Å²) in [5.41, 5.74) is 2.23. The van der Waals surface area contributed by atoms with Crippen LogP contribution in [-0.2, 0) is 11.3 Å². The lowest BCUT2D eigenvalue weighted by Crippen LogP contribution is -2.45. The third-order valence-electron chi connectivity index (χ3n) is 5.62. The van der Waals surface area contributed by atoms with Crippen molar-refractivity contribution in [2.45, 2.75) is 32.9 Å². The molecule has 1 aliphatic heterocycles. The van der Waals surface area contributed by atoms with Crippen molar-refractivity contribution in [2.75, 3.05) is 44.7 Å². The van der Waals surface area contributed by atoms with Gasteiger partial charge in [-0.05, 0) is 38.0 Å². The van der Waals surface area contributed by atoms with E-state index in [4.69, 9.17) is 4.74 Å². The Labute approximate surface area is 214 Å². The molecule has 180 valence electrons. The van der Waals surface area contributed by atoms with E-state index in [0.29, 0.717) is 19.0 Å². The van der Waals surface area contributed by atoms with Gasteiger partial charge in [-0.3, -0.25) is 4.79 Å². The Bertz CT molecular complexity index is 893. The van der Waals surface area contributed by atoms with Gasteiger partial charge in [0.2, 0.25) is 5.91 Å². The monoisotopic (exact) mass is 565 g/mol. The largest absolute Gasteiger partial charge is 0.495 e. The molecule has 3 rings (SSSR count). The summed E-state index contributed by atoms with van der Waals surface area (Å²) in [6, 6.07) is 18.4. The quantitative estimate of drug-likeness (QED) is 0.277. The average Bonchev–Trinajstić information content (AvgIpc) is 3.29. The number of guanidine groups is 1. The van der Waals surface area contributed by atoms with Crippen LogP contribution >= 0.6 is 24.0 Å². The fourth-order valence-corrected chi connectivity index (χ4v) is 3.93. The number of rotatable bonds is 9. The molecular weight excluding hydrogens is 529 g/mol. The molecular formula is C25H36IN5O2. The fourth-order valence-electron chi connectivity index (χ4n) is 3.93. The summed E-state index contributed by atoms with van der Waals surface area (Å²) in [6.45, 7) is 7.95. The lowest BCUT2D eigenvalue weighted by Gasteiger charge is -2.22. The van der Waals surface area contributed by atoms with Crippen LogP contribution in [0.4, 0.5) is 5.69 Å². The number of nitrogens with one attached hydrogen (secondary N) is 2. The summed E-state index contributed by atoms with van der Waals surface area (Å²) in [5.74, 6) is 1.59. The van der Waals surface area contributed by atoms with Gasteiger partial charge in [0, 0.05) is 38.8 Å². The maximum atomic E-state index is 12.8. The fraction of sp³-hybridized carbons (Fsp3) is 0.440. The molecule has 2 aromatic rings. The molecule has 2 N–H and O–H groups in total. The zero-order chi connectivity index (χ0) is 22.8. The topological polar surface area (TPSA) is 69.2 Å². The second-order valence-electron chi connectivity index (χ2n) is 7.84. The molecule has 1 fully saturated rings. The van der Waals surface area contributed by atoms with Crippen LogP contribution in [0.1, 0.15) is 25.8 Å². The van der Waals surface area contributed by atoms with Crippen LogP contribution in [0.25, 0.3) is 0 Å². The van der Waals surface area contributed by atoms with Crippen LogP contribution in [0, 0.1) is 0 Å². The molecule has 0 spiro atoms. The maximum Gasteiger partial charge on any atom is 0.244 e. The molecule has 8 heteroatoms. The predicted octanol–water partition coefficient (Wildman–Crippen LogP) is 3.50. The number of methoxy groups -OCH3 is 1. The van der Waals surface area contributed by atoms with Gasteiger partial charge in [-0.25, -0.2) is 4.99 Å². The SMILES string of the molecule is CCNC(=NCC(=O)N(CC)Cc1ccccc1)NC1CCN(c2ccccc2OC)C1.I. The summed E-state index contributed by atoms with van der Waals surface area (Å²) in [4.78, 5) is 21.5.